The lowest BCUT2D eigenvalue weighted by Crippen LogP contribution is -2.56. The van der Waals surface area contributed by atoms with E-state index >= 15 is 0 Å². The van der Waals surface area contributed by atoms with E-state index in [0.29, 0.717) is 38.9 Å². The first-order chi connectivity index (χ1) is 35.3. The Kier molecular flexibility index (Phi) is 32.7. The van der Waals surface area contributed by atoms with Crippen molar-refractivity contribution in [3.63, 3.8) is 0 Å². The molecule has 3 N–H and O–H groups in total. The van der Waals surface area contributed by atoms with Crippen molar-refractivity contribution in [3.05, 3.63) is 108 Å². The van der Waals surface area contributed by atoms with Gasteiger partial charge in [0, 0.05) is 12.5 Å². The summed E-state index contributed by atoms with van der Waals surface area (Å²) in [6.07, 6.45) is 25.1. The standard InChI is InChI=1S/C62H99N3O7/c1-6-8-10-12-14-16-17-18-19-21-23-34-42-57(69-46-54-38-30-26-31-39-54)60(70-47-55-40-32-27-33-41-55)56(65-59(66)44-64-62(67)63-43-35-24-22-20-15-13-11-9-7-2)48-71-61-52(5)50(3)51(4)58(72-61)49-68-45-53-36-28-25-29-37-53/h25-33,36-41,50-52,56-58,60-61H,6-24,34-35,42-49H2,1-5H3,(H,65,66)(H2,63,64,67)/t50-,51+,52?,56-,57+,58?,60-,61-/m0/s1. The highest BCUT2D eigenvalue weighted by atomic mass is 16.7. The molecule has 3 amide bonds. The number of carbonyl (C=O) groups excluding carboxylic acids is 2. The first kappa shape index (κ1) is 60.8. The summed E-state index contributed by atoms with van der Waals surface area (Å²) in [5.74, 6) is 0.289. The molecule has 4 rings (SSSR count). The highest BCUT2D eigenvalue weighted by Gasteiger charge is 2.41. The van der Waals surface area contributed by atoms with E-state index in [1.807, 2.05) is 54.6 Å². The number of carbonyl (C=O) groups is 2. The second-order valence-corrected chi connectivity index (χ2v) is 20.8. The van der Waals surface area contributed by atoms with Gasteiger partial charge in [-0.1, -0.05) is 254 Å². The molecule has 0 aromatic heterocycles. The Hall–Kier alpha value is -3.80. The lowest BCUT2D eigenvalue weighted by atomic mass is 9.79. The topological polar surface area (TPSA) is 116 Å². The van der Waals surface area contributed by atoms with Crippen molar-refractivity contribution in [3.8, 4) is 0 Å². The molecule has 1 saturated heterocycles. The molecule has 1 aliphatic heterocycles. The Morgan fingerprint density at radius 1 is 0.542 bits per heavy atom. The molecule has 1 heterocycles. The van der Waals surface area contributed by atoms with Crippen LogP contribution in [0.5, 0.6) is 0 Å². The summed E-state index contributed by atoms with van der Waals surface area (Å²) >= 11 is 0. The van der Waals surface area contributed by atoms with Gasteiger partial charge in [-0.15, -0.1) is 0 Å². The van der Waals surface area contributed by atoms with Crippen molar-refractivity contribution in [2.75, 3.05) is 26.3 Å². The van der Waals surface area contributed by atoms with Gasteiger partial charge in [0.2, 0.25) is 5.91 Å². The van der Waals surface area contributed by atoms with Crippen molar-refractivity contribution in [2.24, 2.45) is 17.8 Å². The lowest BCUT2D eigenvalue weighted by molar-refractivity contribution is -0.262. The number of urea groups is 1. The summed E-state index contributed by atoms with van der Waals surface area (Å²) in [6.45, 7) is 13.4. The number of benzene rings is 3. The molecular weight excluding hydrogens is 899 g/mol. The minimum Gasteiger partial charge on any atom is -0.374 e. The molecule has 72 heavy (non-hydrogen) atoms. The van der Waals surface area contributed by atoms with Gasteiger partial charge in [0.1, 0.15) is 6.10 Å². The molecule has 1 fully saturated rings. The Labute approximate surface area is 437 Å². The number of nitrogens with one attached hydrogen (secondary N) is 3. The molecule has 0 bridgehead atoms. The fourth-order valence-electron chi connectivity index (χ4n) is 9.83. The fraction of sp³-hybridized carbons (Fsp3) is 0.677. The summed E-state index contributed by atoms with van der Waals surface area (Å²) in [7, 11) is 0. The molecule has 3 aromatic rings. The van der Waals surface area contributed by atoms with Gasteiger partial charge in [-0.2, -0.15) is 0 Å². The molecule has 1 aliphatic rings. The summed E-state index contributed by atoms with van der Waals surface area (Å²) in [5, 5.41) is 9.07. The zero-order valence-corrected chi connectivity index (χ0v) is 45.6. The maximum Gasteiger partial charge on any atom is 0.315 e. The number of ether oxygens (including phenoxy) is 5. The molecular formula is C62H99N3O7. The Balaban J connectivity index is 1.49. The molecule has 10 heteroatoms. The van der Waals surface area contributed by atoms with Gasteiger partial charge in [-0.25, -0.2) is 4.79 Å². The summed E-state index contributed by atoms with van der Waals surface area (Å²) in [5.41, 5.74) is 3.21. The van der Waals surface area contributed by atoms with Crippen molar-refractivity contribution in [2.45, 2.75) is 226 Å². The molecule has 0 radical (unpaired) electrons. The van der Waals surface area contributed by atoms with Crippen LogP contribution >= 0.6 is 0 Å². The van der Waals surface area contributed by atoms with E-state index in [-0.39, 0.29) is 49.1 Å². The van der Waals surface area contributed by atoms with E-state index in [9.17, 15) is 9.59 Å². The van der Waals surface area contributed by atoms with E-state index in [1.54, 1.807) is 0 Å². The van der Waals surface area contributed by atoms with Crippen LogP contribution in [0.3, 0.4) is 0 Å². The molecule has 8 atom stereocenters. The minimum absolute atomic E-state index is 0.0766. The van der Waals surface area contributed by atoms with E-state index < -0.39 is 18.4 Å². The van der Waals surface area contributed by atoms with Crippen molar-refractivity contribution >= 4 is 11.9 Å². The normalized spacial score (nSPS) is 19.1. The first-order valence-corrected chi connectivity index (χ1v) is 28.8. The molecule has 10 nitrogen and oxygen atoms in total. The van der Waals surface area contributed by atoms with Crippen LogP contribution in [0.4, 0.5) is 4.79 Å². The third-order valence-electron chi connectivity index (χ3n) is 14.8. The number of amides is 3. The predicted octanol–water partition coefficient (Wildman–Crippen LogP) is 14.4. The van der Waals surface area contributed by atoms with Gasteiger partial charge < -0.3 is 39.6 Å². The van der Waals surface area contributed by atoms with E-state index in [0.717, 1.165) is 48.8 Å². The molecule has 0 aliphatic carbocycles. The Morgan fingerprint density at radius 2 is 1.01 bits per heavy atom. The van der Waals surface area contributed by atoms with Crippen molar-refractivity contribution in [1.82, 2.24) is 16.0 Å². The van der Waals surface area contributed by atoms with E-state index in [4.69, 9.17) is 23.7 Å². The van der Waals surface area contributed by atoms with Crippen LogP contribution in [0.15, 0.2) is 91.0 Å². The molecule has 0 saturated carbocycles. The Bertz CT molecular complexity index is 1770. The van der Waals surface area contributed by atoms with Gasteiger partial charge in [0.15, 0.2) is 6.29 Å². The number of hydrogen-bond donors (Lipinski definition) is 3. The number of unbranched alkanes of at least 4 members (excludes halogenated alkanes) is 19. The second kappa shape index (κ2) is 38.7. The number of rotatable bonds is 41. The Morgan fingerprint density at radius 3 is 1.54 bits per heavy atom. The van der Waals surface area contributed by atoms with Crippen molar-refractivity contribution in [1.29, 1.82) is 0 Å². The quantitative estimate of drug-likeness (QED) is 0.0485. The van der Waals surface area contributed by atoms with Gasteiger partial charge in [-0.05, 0) is 41.4 Å². The van der Waals surface area contributed by atoms with Gasteiger partial charge in [0.25, 0.3) is 0 Å². The monoisotopic (exact) mass is 998 g/mol. The van der Waals surface area contributed by atoms with Crippen LogP contribution in [0, 0.1) is 17.8 Å². The average molecular weight is 998 g/mol. The van der Waals surface area contributed by atoms with E-state index in [2.05, 4.69) is 87.0 Å². The third kappa shape index (κ3) is 25.9. The van der Waals surface area contributed by atoms with Crippen molar-refractivity contribution < 1.29 is 33.3 Å². The molecule has 2 unspecified atom stereocenters. The molecule has 3 aromatic carbocycles. The highest BCUT2D eigenvalue weighted by molar-refractivity contribution is 5.84. The third-order valence-corrected chi connectivity index (χ3v) is 14.8. The SMILES string of the molecule is CCCCCCCCCCCCCC[C@@H](OCc1ccccc1)[C@@H](OCc1ccccc1)[C@H](CO[C@H]1OC(COCc2ccccc2)[C@H](C)[C@H](C)C1C)NC(=O)CNC(=O)NCCCCCCCCCCC. The lowest BCUT2D eigenvalue weighted by Gasteiger charge is -2.44. The van der Waals surface area contributed by atoms with Crippen LogP contribution in [0.25, 0.3) is 0 Å². The average Bonchev–Trinajstić information content (AvgIpc) is 3.40. The summed E-state index contributed by atoms with van der Waals surface area (Å²) in [6, 6.07) is 29.6. The minimum atomic E-state index is -0.635. The molecule has 404 valence electrons. The van der Waals surface area contributed by atoms with Crippen LogP contribution in [-0.4, -0.2) is 68.9 Å². The fourth-order valence-corrected chi connectivity index (χ4v) is 9.83. The van der Waals surface area contributed by atoms with Crippen LogP contribution in [0.1, 0.15) is 193 Å². The maximum atomic E-state index is 14.1. The molecule has 0 spiro atoms. The van der Waals surface area contributed by atoms with Gasteiger partial charge in [0.05, 0.1) is 57.8 Å². The van der Waals surface area contributed by atoms with Gasteiger partial charge in [-0.3, -0.25) is 4.79 Å². The predicted molar refractivity (Wildman–Crippen MR) is 294 cm³/mol. The summed E-state index contributed by atoms with van der Waals surface area (Å²) in [4.78, 5) is 27.1. The number of hydrogen-bond acceptors (Lipinski definition) is 7. The maximum absolute atomic E-state index is 14.1. The van der Waals surface area contributed by atoms with E-state index in [1.165, 1.54) is 109 Å². The second-order valence-electron chi connectivity index (χ2n) is 20.8. The van der Waals surface area contributed by atoms with Crippen LogP contribution < -0.4 is 16.0 Å². The largest absolute Gasteiger partial charge is 0.374 e. The van der Waals surface area contributed by atoms with Crippen LogP contribution in [0.2, 0.25) is 0 Å². The van der Waals surface area contributed by atoms with Gasteiger partial charge >= 0.3 is 6.03 Å². The zero-order chi connectivity index (χ0) is 51.3. The highest BCUT2D eigenvalue weighted by Crippen LogP contribution is 2.36. The summed E-state index contributed by atoms with van der Waals surface area (Å²) < 4.78 is 33.8. The smallest absolute Gasteiger partial charge is 0.315 e. The first-order valence-electron chi connectivity index (χ1n) is 28.8. The van der Waals surface area contributed by atoms with Crippen LogP contribution in [-0.2, 0) is 48.3 Å². The zero-order valence-electron chi connectivity index (χ0n) is 45.6.